The first-order valence-electron chi connectivity index (χ1n) is 7.65. The summed E-state index contributed by atoms with van der Waals surface area (Å²) in [5.74, 6) is 0.708. The standard InChI is InChI=1S/C18H15N3O2S2/c1-12-19-18-21(20-12)16(17(24-18)14-6-4-3-5-7-14)13-8-10-15(11-9-13)25(2,22)23/h3-11H,1-2H3. The Morgan fingerprint density at radius 3 is 2.28 bits per heavy atom. The van der Waals surface area contributed by atoms with Crippen LogP contribution in [0.15, 0.2) is 59.5 Å². The molecule has 0 bridgehead atoms. The third kappa shape index (κ3) is 2.85. The summed E-state index contributed by atoms with van der Waals surface area (Å²) in [6, 6.07) is 17.0. The quantitative estimate of drug-likeness (QED) is 0.550. The predicted molar refractivity (Wildman–Crippen MR) is 99.6 cm³/mol. The van der Waals surface area contributed by atoms with Gasteiger partial charge in [0.1, 0.15) is 5.82 Å². The summed E-state index contributed by atoms with van der Waals surface area (Å²) in [5.41, 5.74) is 2.91. The minimum atomic E-state index is -3.22. The average Bonchev–Trinajstić information content (AvgIpc) is 3.11. The largest absolute Gasteiger partial charge is 0.224 e. The monoisotopic (exact) mass is 369 g/mol. The van der Waals surface area contributed by atoms with E-state index in [0.29, 0.717) is 10.7 Å². The van der Waals surface area contributed by atoms with E-state index in [1.165, 1.54) is 6.26 Å². The zero-order valence-corrected chi connectivity index (χ0v) is 15.3. The lowest BCUT2D eigenvalue weighted by molar-refractivity contribution is 0.602. The van der Waals surface area contributed by atoms with Gasteiger partial charge >= 0.3 is 0 Å². The highest BCUT2D eigenvalue weighted by Gasteiger charge is 2.19. The van der Waals surface area contributed by atoms with Gasteiger partial charge in [0.05, 0.1) is 15.5 Å². The summed E-state index contributed by atoms with van der Waals surface area (Å²) in [6.07, 6.45) is 1.21. The second-order valence-corrected chi connectivity index (χ2v) is 8.79. The zero-order valence-electron chi connectivity index (χ0n) is 13.7. The molecule has 4 aromatic rings. The summed E-state index contributed by atoms with van der Waals surface area (Å²) in [7, 11) is -3.22. The maximum atomic E-state index is 11.7. The summed E-state index contributed by atoms with van der Waals surface area (Å²) in [5, 5.41) is 4.50. The van der Waals surface area contributed by atoms with E-state index < -0.39 is 9.84 Å². The Hall–Kier alpha value is -2.51. The van der Waals surface area contributed by atoms with E-state index in [4.69, 9.17) is 0 Å². The van der Waals surface area contributed by atoms with E-state index in [1.807, 2.05) is 53.9 Å². The number of aryl methyl sites for hydroxylation is 1. The van der Waals surface area contributed by atoms with Gasteiger partial charge in [-0.2, -0.15) is 5.10 Å². The lowest BCUT2D eigenvalue weighted by Crippen LogP contribution is -1.97. The first-order chi connectivity index (χ1) is 11.9. The molecule has 0 saturated heterocycles. The molecule has 7 heteroatoms. The van der Waals surface area contributed by atoms with E-state index in [9.17, 15) is 8.42 Å². The molecule has 25 heavy (non-hydrogen) atoms. The molecule has 5 nitrogen and oxygen atoms in total. The topological polar surface area (TPSA) is 64.3 Å². The molecule has 0 N–H and O–H groups in total. The Bertz CT molecular complexity index is 1160. The summed E-state index contributed by atoms with van der Waals surface area (Å²) < 4.78 is 25.2. The Kier molecular flexibility index (Phi) is 3.70. The fraction of sp³-hybridized carbons (Fsp3) is 0.111. The fourth-order valence-corrected chi connectivity index (χ4v) is 4.51. The summed E-state index contributed by atoms with van der Waals surface area (Å²) in [4.78, 5) is 6.66. The zero-order chi connectivity index (χ0) is 17.6. The summed E-state index contributed by atoms with van der Waals surface area (Å²) >= 11 is 1.57. The van der Waals surface area contributed by atoms with Crippen LogP contribution in [0.4, 0.5) is 0 Å². The molecule has 126 valence electrons. The lowest BCUT2D eigenvalue weighted by Gasteiger charge is -2.06. The van der Waals surface area contributed by atoms with Gasteiger partial charge in [0.15, 0.2) is 9.84 Å². The Morgan fingerprint density at radius 1 is 0.960 bits per heavy atom. The highest BCUT2D eigenvalue weighted by Crippen LogP contribution is 2.38. The van der Waals surface area contributed by atoms with Gasteiger partial charge < -0.3 is 0 Å². The Labute approximate surface area is 149 Å². The molecule has 2 aromatic heterocycles. The molecule has 0 atom stereocenters. The van der Waals surface area contributed by atoms with Crippen molar-refractivity contribution in [1.29, 1.82) is 0 Å². The van der Waals surface area contributed by atoms with Crippen molar-refractivity contribution >= 4 is 26.1 Å². The van der Waals surface area contributed by atoms with Crippen LogP contribution in [0, 0.1) is 6.92 Å². The first-order valence-corrected chi connectivity index (χ1v) is 10.4. The number of sulfone groups is 1. The molecular formula is C18H15N3O2S2. The lowest BCUT2D eigenvalue weighted by atomic mass is 10.1. The fourth-order valence-electron chi connectivity index (χ4n) is 2.74. The van der Waals surface area contributed by atoms with Gasteiger partial charge in [-0.1, -0.05) is 53.8 Å². The van der Waals surface area contributed by atoms with Crippen molar-refractivity contribution in [3.8, 4) is 21.7 Å². The van der Waals surface area contributed by atoms with Crippen molar-refractivity contribution in [2.45, 2.75) is 11.8 Å². The molecule has 0 saturated carbocycles. The number of nitrogens with zero attached hydrogens (tertiary/aromatic N) is 3. The van der Waals surface area contributed by atoms with Gasteiger partial charge in [-0.15, -0.1) is 0 Å². The number of rotatable bonds is 3. The first kappa shape index (κ1) is 16.0. The highest BCUT2D eigenvalue weighted by molar-refractivity contribution is 7.90. The van der Waals surface area contributed by atoms with Crippen LogP contribution in [0.2, 0.25) is 0 Å². The van der Waals surface area contributed by atoms with Crippen LogP contribution in [0.5, 0.6) is 0 Å². The van der Waals surface area contributed by atoms with Crippen LogP contribution in [0.3, 0.4) is 0 Å². The summed E-state index contributed by atoms with van der Waals surface area (Å²) in [6.45, 7) is 1.86. The smallest absolute Gasteiger partial charge is 0.213 e. The van der Waals surface area contributed by atoms with Crippen LogP contribution >= 0.6 is 11.3 Å². The number of benzene rings is 2. The van der Waals surface area contributed by atoms with Gasteiger partial charge in [0.2, 0.25) is 4.96 Å². The average molecular weight is 369 g/mol. The number of hydrogen-bond acceptors (Lipinski definition) is 5. The molecule has 0 spiro atoms. The van der Waals surface area contributed by atoms with Gasteiger partial charge in [-0.05, 0) is 24.6 Å². The van der Waals surface area contributed by atoms with Crippen LogP contribution in [0.1, 0.15) is 5.82 Å². The molecule has 0 aliphatic carbocycles. The van der Waals surface area contributed by atoms with Gasteiger partial charge in [0.25, 0.3) is 0 Å². The van der Waals surface area contributed by atoms with Crippen molar-refractivity contribution in [3.05, 3.63) is 60.4 Å². The third-order valence-corrected chi connectivity index (χ3v) is 6.10. The number of fused-ring (bicyclic) bond motifs is 1. The van der Waals surface area contributed by atoms with Crippen molar-refractivity contribution in [1.82, 2.24) is 14.6 Å². The maximum Gasteiger partial charge on any atom is 0.213 e. The molecular weight excluding hydrogens is 354 g/mol. The van der Waals surface area contributed by atoms with E-state index in [1.54, 1.807) is 23.5 Å². The molecule has 4 rings (SSSR count). The van der Waals surface area contributed by atoms with Crippen LogP contribution in [0.25, 0.3) is 26.7 Å². The van der Waals surface area contributed by atoms with Crippen LogP contribution in [-0.4, -0.2) is 29.3 Å². The highest BCUT2D eigenvalue weighted by atomic mass is 32.2. The van der Waals surface area contributed by atoms with Crippen LogP contribution in [-0.2, 0) is 9.84 Å². The van der Waals surface area contributed by atoms with Crippen molar-refractivity contribution in [2.75, 3.05) is 6.26 Å². The van der Waals surface area contributed by atoms with E-state index in [2.05, 4.69) is 10.1 Å². The predicted octanol–water partition coefficient (Wildman–Crippen LogP) is 3.84. The molecule has 2 aromatic carbocycles. The minimum Gasteiger partial charge on any atom is -0.224 e. The Morgan fingerprint density at radius 2 is 1.64 bits per heavy atom. The maximum absolute atomic E-state index is 11.7. The SMILES string of the molecule is Cc1nc2sc(-c3ccccc3)c(-c3ccc(S(C)(=O)=O)cc3)n2n1. The normalized spacial score (nSPS) is 11.9. The molecule has 0 amide bonds. The van der Waals surface area contributed by atoms with E-state index in [0.717, 1.165) is 26.7 Å². The molecule has 0 aliphatic heterocycles. The number of aromatic nitrogens is 3. The Balaban J connectivity index is 1.96. The van der Waals surface area contributed by atoms with E-state index in [-0.39, 0.29) is 0 Å². The number of thiazole rings is 1. The minimum absolute atomic E-state index is 0.304. The van der Waals surface area contributed by atoms with Gasteiger partial charge in [-0.25, -0.2) is 17.9 Å². The van der Waals surface area contributed by atoms with Gasteiger partial charge in [-0.3, -0.25) is 0 Å². The second-order valence-electron chi connectivity index (χ2n) is 5.80. The second kappa shape index (κ2) is 5.79. The van der Waals surface area contributed by atoms with Gasteiger partial charge in [0, 0.05) is 11.8 Å². The molecule has 0 aliphatic rings. The third-order valence-electron chi connectivity index (χ3n) is 3.90. The van der Waals surface area contributed by atoms with E-state index >= 15 is 0 Å². The van der Waals surface area contributed by atoms with Crippen molar-refractivity contribution in [3.63, 3.8) is 0 Å². The molecule has 0 fully saturated rings. The molecule has 2 heterocycles. The molecule has 0 radical (unpaired) electrons. The van der Waals surface area contributed by atoms with Crippen LogP contribution < -0.4 is 0 Å². The van der Waals surface area contributed by atoms with Crippen molar-refractivity contribution < 1.29 is 8.42 Å². The number of hydrogen-bond donors (Lipinski definition) is 0. The molecule has 0 unspecified atom stereocenters. The van der Waals surface area contributed by atoms with Crippen molar-refractivity contribution in [2.24, 2.45) is 0 Å².